The first-order chi connectivity index (χ1) is 17.5. The summed E-state index contributed by atoms with van der Waals surface area (Å²) in [6, 6.07) is 15.7. The maximum atomic E-state index is 11.8. The first-order valence-corrected chi connectivity index (χ1v) is 12.6. The first kappa shape index (κ1) is 25.8. The van der Waals surface area contributed by atoms with Crippen LogP contribution in [0.1, 0.15) is 18.9 Å². The van der Waals surface area contributed by atoms with Gasteiger partial charge < -0.3 is 15.4 Å². The highest BCUT2D eigenvalue weighted by molar-refractivity contribution is 6.32. The fourth-order valence-electron chi connectivity index (χ4n) is 4.20. The predicted octanol–water partition coefficient (Wildman–Crippen LogP) is 5.36. The molecule has 3 aromatic rings. The molecule has 1 unspecified atom stereocenters. The molecule has 1 aliphatic heterocycles. The van der Waals surface area contributed by atoms with E-state index in [4.69, 9.17) is 16.3 Å². The Morgan fingerprint density at radius 1 is 1.25 bits per heavy atom. The van der Waals surface area contributed by atoms with Crippen LogP contribution in [0.3, 0.4) is 0 Å². The van der Waals surface area contributed by atoms with E-state index in [1.807, 2.05) is 48.5 Å². The largest absolute Gasteiger partial charge is 0.385 e. The molecule has 0 amide bonds. The van der Waals surface area contributed by atoms with Crippen LogP contribution in [0.15, 0.2) is 67.4 Å². The van der Waals surface area contributed by atoms with Gasteiger partial charge in [-0.15, -0.1) is 0 Å². The molecule has 0 bridgehead atoms. The Kier molecular flexibility index (Phi) is 9.06. The van der Waals surface area contributed by atoms with Crippen molar-refractivity contribution in [3.8, 4) is 11.3 Å². The van der Waals surface area contributed by atoms with E-state index >= 15 is 0 Å². The fourth-order valence-corrected chi connectivity index (χ4v) is 4.40. The summed E-state index contributed by atoms with van der Waals surface area (Å²) in [5, 5.41) is 7.22. The normalized spacial score (nSPS) is 15.9. The fraction of sp³-hybridized carbons (Fsp3) is 0.321. The minimum atomic E-state index is -0.0347. The average Bonchev–Trinajstić information content (AvgIpc) is 2.88. The lowest BCUT2D eigenvalue weighted by Gasteiger charge is -2.31. The molecule has 1 aliphatic rings. The Labute approximate surface area is 217 Å². The van der Waals surface area contributed by atoms with E-state index in [1.165, 1.54) is 6.08 Å². The molecular formula is C28H32ClN5O2. The van der Waals surface area contributed by atoms with Crippen LogP contribution in [0.2, 0.25) is 5.02 Å². The summed E-state index contributed by atoms with van der Waals surface area (Å²) in [5.41, 5.74) is 4.21. The lowest BCUT2D eigenvalue weighted by molar-refractivity contribution is -0.114. The van der Waals surface area contributed by atoms with Crippen molar-refractivity contribution in [3.63, 3.8) is 0 Å². The van der Waals surface area contributed by atoms with Crippen LogP contribution in [-0.4, -0.2) is 59.5 Å². The number of rotatable bonds is 11. The molecule has 8 heteroatoms. The van der Waals surface area contributed by atoms with Gasteiger partial charge in [0.05, 0.1) is 29.6 Å². The van der Waals surface area contributed by atoms with Gasteiger partial charge in [-0.2, -0.15) is 0 Å². The number of aromatic nitrogens is 2. The van der Waals surface area contributed by atoms with Crippen LogP contribution >= 0.6 is 11.6 Å². The van der Waals surface area contributed by atoms with E-state index in [1.54, 1.807) is 6.20 Å². The highest BCUT2D eigenvalue weighted by Gasteiger charge is 2.15. The monoisotopic (exact) mass is 505 g/mol. The standard InChI is InChI=1S/C28H32ClN5O2/c1-3-25(35)16-21-7-4-8-22(15-21)27-26(29)18-31-28(33-27)32-24-10-5-9-23(17-24)30-11-6-12-34-13-14-36-20(2)19-34/h3-5,7-10,15,17-18,20,30H,1,6,11-14,16,19H2,2H3,(H,31,32,33). The molecule has 2 aromatic carbocycles. The van der Waals surface area contributed by atoms with Gasteiger partial charge in [0.1, 0.15) is 0 Å². The second-order valence-corrected chi connectivity index (χ2v) is 9.31. The molecule has 188 valence electrons. The number of anilines is 3. The van der Waals surface area contributed by atoms with E-state index < -0.39 is 0 Å². The summed E-state index contributed by atoms with van der Waals surface area (Å²) in [4.78, 5) is 23.2. The summed E-state index contributed by atoms with van der Waals surface area (Å²) in [6.07, 6.45) is 4.58. The Bertz CT molecular complexity index is 1200. The van der Waals surface area contributed by atoms with Gasteiger partial charge in [-0.25, -0.2) is 9.97 Å². The zero-order valence-corrected chi connectivity index (χ0v) is 21.3. The molecule has 7 nitrogen and oxygen atoms in total. The molecule has 0 aliphatic carbocycles. The van der Waals surface area contributed by atoms with Gasteiger partial charge in [0.15, 0.2) is 5.78 Å². The number of nitrogens with one attached hydrogen (secondary N) is 2. The number of benzene rings is 2. The molecule has 1 atom stereocenters. The van der Waals surface area contributed by atoms with Gasteiger partial charge in [-0.1, -0.05) is 42.4 Å². The number of halogens is 1. The Balaban J connectivity index is 1.37. The van der Waals surface area contributed by atoms with Crippen LogP contribution in [0.5, 0.6) is 0 Å². The molecule has 0 radical (unpaired) electrons. The van der Waals surface area contributed by atoms with Crippen molar-refractivity contribution in [1.82, 2.24) is 14.9 Å². The summed E-state index contributed by atoms with van der Waals surface area (Å²) in [6.45, 7) is 10.4. The molecule has 1 fully saturated rings. The van der Waals surface area contributed by atoms with Crippen LogP contribution in [0, 0.1) is 0 Å². The number of hydrogen-bond donors (Lipinski definition) is 2. The van der Waals surface area contributed by atoms with Gasteiger partial charge in [-0.05, 0) is 49.2 Å². The molecule has 36 heavy (non-hydrogen) atoms. The first-order valence-electron chi connectivity index (χ1n) is 12.2. The number of nitrogens with zero attached hydrogens (tertiary/aromatic N) is 3. The van der Waals surface area contributed by atoms with E-state index in [-0.39, 0.29) is 12.2 Å². The van der Waals surface area contributed by atoms with Crippen molar-refractivity contribution in [2.45, 2.75) is 25.9 Å². The highest BCUT2D eigenvalue weighted by atomic mass is 35.5. The van der Waals surface area contributed by atoms with Gasteiger partial charge in [0.25, 0.3) is 0 Å². The van der Waals surface area contributed by atoms with E-state index in [2.05, 4.69) is 39.0 Å². The number of ether oxygens (including phenoxy) is 1. The number of allylic oxidation sites excluding steroid dienone is 1. The van der Waals surface area contributed by atoms with Crippen molar-refractivity contribution < 1.29 is 9.53 Å². The highest BCUT2D eigenvalue weighted by Crippen LogP contribution is 2.28. The predicted molar refractivity (Wildman–Crippen MR) is 146 cm³/mol. The van der Waals surface area contributed by atoms with E-state index in [9.17, 15) is 4.79 Å². The van der Waals surface area contributed by atoms with E-state index in [0.717, 1.165) is 61.7 Å². The minimum absolute atomic E-state index is 0.0347. The molecule has 2 N–H and O–H groups in total. The number of morpholine rings is 1. The maximum absolute atomic E-state index is 11.8. The Hall–Kier alpha value is -3.26. The lowest BCUT2D eigenvalue weighted by atomic mass is 10.0. The molecule has 1 saturated heterocycles. The molecule has 1 aromatic heterocycles. The lowest BCUT2D eigenvalue weighted by Crippen LogP contribution is -2.41. The number of carbonyl (C=O) groups is 1. The van der Waals surface area contributed by atoms with Gasteiger partial charge in [0.2, 0.25) is 5.95 Å². The van der Waals surface area contributed by atoms with Crippen molar-refractivity contribution >= 4 is 34.7 Å². The second kappa shape index (κ2) is 12.6. The zero-order chi connectivity index (χ0) is 25.3. The van der Waals surface area contributed by atoms with Crippen molar-refractivity contribution in [2.75, 3.05) is 43.4 Å². The van der Waals surface area contributed by atoms with Crippen molar-refractivity contribution in [1.29, 1.82) is 0 Å². The summed E-state index contributed by atoms with van der Waals surface area (Å²) < 4.78 is 5.61. The number of hydrogen-bond acceptors (Lipinski definition) is 7. The molecular weight excluding hydrogens is 474 g/mol. The third-order valence-electron chi connectivity index (χ3n) is 5.97. The number of carbonyl (C=O) groups excluding carboxylic acids is 1. The van der Waals surface area contributed by atoms with Crippen LogP contribution in [0.4, 0.5) is 17.3 Å². The Morgan fingerprint density at radius 2 is 2.08 bits per heavy atom. The van der Waals surface area contributed by atoms with Crippen LogP contribution in [-0.2, 0) is 16.0 Å². The topological polar surface area (TPSA) is 79.4 Å². The summed E-state index contributed by atoms with van der Waals surface area (Å²) in [5.74, 6) is 0.410. The minimum Gasteiger partial charge on any atom is -0.385 e. The molecule has 0 saturated carbocycles. The third kappa shape index (κ3) is 7.37. The smallest absolute Gasteiger partial charge is 0.227 e. The molecule has 2 heterocycles. The quantitative estimate of drug-likeness (QED) is 0.268. The van der Waals surface area contributed by atoms with Crippen LogP contribution in [0.25, 0.3) is 11.3 Å². The molecule has 4 rings (SSSR count). The SMILES string of the molecule is C=CC(=O)Cc1cccc(-c2nc(Nc3cccc(NCCCN4CCOC(C)C4)c3)ncc2Cl)c1. The maximum Gasteiger partial charge on any atom is 0.227 e. The second-order valence-electron chi connectivity index (χ2n) is 8.91. The Morgan fingerprint density at radius 3 is 2.92 bits per heavy atom. The van der Waals surface area contributed by atoms with E-state index in [0.29, 0.717) is 22.8 Å². The van der Waals surface area contributed by atoms with Crippen molar-refractivity contribution in [3.05, 3.63) is 78.0 Å². The van der Waals surface area contributed by atoms with Crippen molar-refractivity contribution in [2.24, 2.45) is 0 Å². The van der Waals surface area contributed by atoms with Gasteiger partial charge in [0, 0.05) is 49.5 Å². The van der Waals surface area contributed by atoms with Crippen LogP contribution < -0.4 is 10.6 Å². The molecule has 0 spiro atoms. The summed E-state index contributed by atoms with van der Waals surface area (Å²) >= 11 is 6.42. The van der Waals surface area contributed by atoms with Gasteiger partial charge in [-0.3, -0.25) is 9.69 Å². The number of ketones is 1. The zero-order valence-electron chi connectivity index (χ0n) is 20.5. The third-order valence-corrected chi connectivity index (χ3v) is 6.25. The summed E-state index contributed by atoms with van der Waals surface area (Å²) in [7, 11) is 0. The van der Waals surface area contributed by atoms with Gasteiger partial charge >= 0.3 is 0 Å². The average molecular weight is 506 g/mol.